The topological polar surface area (TPSA) is 97.6 Å². The highest BCUT2D eigenvalue weighted by atomic mass is 32.2. The largest absolute Gasteiger partial charge is 0.497 e. The normalized spacial score (nSPS) is 16.6. The maximum absolute atomic E-state index is 14.0. The fourth-order valence-electron chi connectivity index (χ4n) is 4.85. The lowest BCUT2D eigenvalue weighted by Crippen LogP contribution is -2.47. The van der Waals surface area contributed by atoms with Crippen LogP contribution in [-0.4, -0.2) is 60.1 Å². The third kappa shape index (κ3) is 5.31. The predicted octanol–water partition coefficient (Wildman–Crippen LogP) is 4.25. The number of benzene rings is 2. The number of aryl methyl sites for hydroxylation is 2. The van der Waals surface area contributed by atoms with Gasteiger partial charge in [-0.25, -0.2) is 13.4 Å². The van der Waals surface area contributed by atoms with Crippen molar-refractivity contribution in [3.63, 3.8) is 0 Å². The number of hydrogen-bond acceptors (Lipinski definition) is 7. The van der Waals surface area contributed by atoms with Crippen LogP contribution in [0.5, 0.6) is 5.75 Å². The number of carbonyl (C=O) groups excluding carboxylic acids is 1. The minimum absolute atomic E-state index is 0.111. The molecule has 0 N–H and O–H groups in total. The Bertz CT molecular complexity index is 1510. The molecule has 0 spiro atoms. The van der Waals surface area contributed by atoms with Crippen molar-refractivity contribution in [2.75, 3.05) is 31.6 Å². The molecule has 1 fully saturated rings. The van der Waals surface area contributed by atoms with Gasteiger partial charge in [-0.15, -0.1) is 0 Å². The van der Waals surface area contributed by atoms with E-state index in [-0.39, 0.29) is 17.3 Å². The van der Waals surface area contributed by atoms with Gasteiger partial charge in [0.25, 0.3) is 0 Å². The highest BCUT2D eigenvalue weighted by Gasteiger charge is 2.36. The number of rotatable bonds is 8. The van der Waals surface area contributed by atoms with E-state index in [1.165, 1.54) is 22.8 Å². The quantitative estimate of drug-likeness (QED) is 0.324. The Morgan fingerprint density at radius 3 is 2.61 bits per heavy atom. The molecule has 9 nitrogen and oxygen atoms in total. The number of aromatic nitrogens is 3. The predicted molar refractivity (Wildman–Crippen MR) is 148 cm³/mol. The van der Waals surface area contributed by atoms with Crippen LogP contribution in [-0.2, 0) is 21.4 Å². The van der Waals surface area contributed by atoms with E-state index in [4.69, 9.17) is 9.72 Å². The van der Waals surface area contributed by atoms with Crippen LogP contribution >= 0.6 is 11.3 Å². The molecule has 0 saturated carbocycles. The molecular weight excluding hydrogens is 522 g/mol. The van der Waals surface area contributed by atoms with E-state index < -0.39 is 15.9 Å². The molecule has 200 valence electrons. The van der Waals surface area contributed by atoms with Crippen molar-refractivity contribution in [2.45, 2.75) is 38.1 Å². The maximum Gasteiger partial charge on any atom is 0.243 e. The second kappa shape index (κ2) is 10.8. The van der Waals surface area contributed by atoms with Crippen LogP contribution in [0.3, 0.4) is 0 Å². The summed E-state index contributed by atoms with van der Waals surface area (Å²) in [6.45, 7) is 5.36. The van der Waals surface area contributed by atoms with Gasteiger partial charge in [-0.2, -0.15) is 9.40 Å². The molecule has 11 heteroatoms. The minimum Gasteiger partial charge on any atom is -0.497 e. The lowest BCUT2D eigenvalue weighted by molar-refractivity contribution is -0.123. The van der Waals surface area contributed by atoms with Gasteiger partial charge in [0, 0.05) is 25.3 Å². The van der Waals surface area contributed by atoms with E-state index in [1.54, 1.807) is 29.2 Å². The molecule has 2 aromatic heterocycles. The van der Waals surface area contributed by atoms with Crippen molar-refractivity contribution in [3.8, 4) is 5.75 Å². The van der Waals surface area contributed by atoms with Crippen molar-refractivity contribution >= 4 is 42.6 Å². The van der Waals surface area contributed by atoms with Crippen molar-refractivity contribution in [2.24, 2.45) is 5.92 Å². The number of hydrogen-bond donors (Lipinski definition) is 0. The summed E-state index contributed by atoms with van der Waals surface area (Å²) in [6.07, 6.45) is 1.23. The number of methoxy groups -OCH3 is 1. The number of nitrogens with zero attached hydrogens (tertiary/aromatic N) is 5. The molecule has 4 aromatic rings. The molecule has 1 atom stereocenters. The number of piperidine rings is 1. The zero-order valence-electron chi connectivity index (χ0n) is 21.7. The van der Waals surface area contributed by atoms with Gasteiger partial charge in [-0.05, 0) is 69.2 Å². The van der Waals surface area contributed by atoms with E-state index in [0.29, 0.717) is 43.4 Å². The first-order valence-electron chi connectivity index (χ1n) is 12.6. The Kier molecular flexibility index (Phi) is 7.51. The fourth-order valence-corrected chi connectivity index (χ4v) is 7.37. The van der Waals surface area contributed by atoms with E-state index in [1.807, 2.05) is 48.9 Å². The van der Waals surface area contributed by atoms with Crippen molar-refractivity contribution in [3.05, 3.63) is 66.0 Å². The third-order valence-electron chi connectivity index (χ3n) is 6.85. The first-order valence-corrected chi connectivity index (χ1v) is 14.8. The summed E-state index contributed by atoms with van der Waals surface area (Å²) >= 11 is 1.47. The van der Waals surface area contributed by atoms with Gasteiger partial charge in [0.2, 0.25) is 15.9 Å². The Balaban J connectivity index is 1.40. The Labute approximate surface area is 226 Å². The molecule has 0 aliphatic carbocycles. The maximum atomic E-state index is 14.0. The lowest BCUT2D eigenvalue weighted by Gasteiger charge is -2.33. The third-order valence-corrected chi connectivity index (χ3v) is 9.79. The molecular formula is C27H31N5O4S2. The van der Waals surface area contributed by atoms with Crippen molar-refractivity contribution < 1.29 is 17.9 Å². The number of ether oxygens (including phenoxy) is 1. The van der Waals surface area contributed by atoms with E-state index >= 15 is 0 Å². The van der Waals surface area contributed by atoms with Gasteiger partial charge < -0.3 is 4.74 Å². The molecule has 1 unspecified atom stereocenters. The smallest absolute Gasteiger partial charge is 0.243 e. The number of sulfonamides is 1. The summed E-state index contributed by atoms with van der Waals surface area (Å²) in [5.41, 5.74) is 2.78. The first kappa shape index (κ1) is 26.3. The average molecular weight is 554 g/mol. The highest BCUT2D eigenvalue weighted by molar-refractivity contribution is 7.89. The molecule has 0 radical (unpaired) electrons. The molecule has 3 heterocycles. The van der Waals surface area contributed by atoms with Gasteiger partial charge in [-0.3, -0.25) is 14.4 Å². The summed E-state index contributed by atoms with van der Waals surface area (Å²) in [5, 5.41) is 5.16. The van der Waals surface area contributed by atoms with Crippen LogP contribution in [0.1, 0.15) is 24.2 Å². The molecule has 1 saturated heterocycles. The minimum atomic E-state index is -3.74. The van der Waals surface area contributed by atoms with E-state index in [2.05, 4.69) is 5.10 Å². The summed E-state index contributed by atoms with van der Waals surface area (Å²) in [4.78, 5) is 20.7. The molecule has 0 bridgehead atoms. The number of amides is 1. The Morgan fingerprint density at radius 1 is 1.16 bits per heavy atom. The first-order chi connectivity index (χ1) is 18.3. The molecule has 1 aliphatic heterocycles. The van der Waals surface area contributed by atoms with Crippen LogP contribution in [0.2, 0.25) is 0 Å². The fraction of sp³-hybridized carbons (Fsp3) is 0.370. The molecule has 1 aliphatic rings. The van der Waals surface area contributed by atoms with E-state index in [9.17, 15) is 13.2 Å². The van der Waals surface area contributed by atoms with E-state index in [0.717, 1.165) is 21.6 Å². The summed E-state index contributed by atoms with van der Waals surface area (Å²) < 4.78 is 36.3. The van der Waals surface area contributed by atoms with Crippen LogP contribution in [0, 0.1) is 19.8 Å². The monoisotopic (exact) mass is 553 g/mol. The van der Waals surface area contributed by atoms with Crippen LogP contribution in [0.25, 0.3) is 10.2 Å². The van der Waals surface area contributed by atoms with Gasteiger partial charge in [0.1, 0.15) is 5.75 Å². The van der Waals surface area contributed by atoms with Crippen molar-refractivity contribution in [1.29, 1.82) is 0 Å². The molecule has 38 heavy (non-hydrogen) atoms. The number of para-hydroxylation sites is 1. The lowest BCUT2D eigenvalue weighted by atomic mass is 9.98. The number of carbonyl (C=O) groups is 1. The standard InChI is InChI=1S/C27H31N5O4S2/c1-19-17-20(2)32(29-19)16-15-31(27-28-24-8-4-5-9-25(24)37-27)26(33)21-7-6-14-30(18-21)38(34,35)23-12-10-22(36-3)11-13-23/h4-5,8-13,17,21H,6-7,14-16,18H2,1-3H3. The zero-order chi connectivity index (χ0) is 26.9. The average Bonchev–Trinajstić information content (AvgIpc) is 3.50. The molecule has 5 rings (SSSR count). The summed E-state index contributed by atoms with van der Waals surface area (Å²) in [7, 11) is -2.20. The summed E-state index contributed by atoms with van der Waals surface area (Å²) in [6, 6.07) is 16.2. The summed E-state index contributed by atoms with van der Waals surface area (Å²) in [5.74, 6) is 0.00851. The second-order valence-corrected chi connectivity index (χ2v) is 12.4. The highest BCUT2D eigenvalue weighted by Crippen LogP contribution is 2.32. The van der Waals surface area contributed by atoms with Gasteiger partial charge in [0.05, 0.1) is 40.4 Å². The van der Waals surface area contributed by atoms with Gasteiger partial charge in [0.15, 0.2) is 5.13 Å². The van der Waals surface area contributed by atoms with Crippen LogP contribution < -0.4 is 9.64 Å². The van der Waals surface area contributed by atoms with Crippen LogP contribution in [0.15, 0.2) is 59.5 Å². The Hall–Kier alpha value is -3.28. The van der Waals surface area contributed by atoms with Gasteiger partial charge in [-0.1, -0.05) is 23.5 Å². The second-order valence-electron chi connectivity index (χ2n) is 9.48. The number of anilines is 1. The number of fused-ring (bicyclic) bond motifs is 1. The van der Waals surface area contributed by atoms with Crippen LogP contribution in [0.4, 0.5) is 5.13 Å². The SMILES string of the molecule is COc1ccc(S(=O)(=O)N2CCCC(C(=O)N(CCn3nc(C)cc3C)c3nc4ccccc4s3)C2)cc1. The Morgan fingerprint density at radius 2 is 1.92 bits per heavy atom. The number of thiazole rings is 1. The zero-order valence-corrected chi connectivity index (χ0v) is 23.3. The molecule has 1 amide bonds. The van der Waals surface area contributed by atoms with Gasteiger partial charge >= 0.3 is 0 Å². The van der Waals surface area contributed by atoms with Crippen molar-refractivity contribution in [1.82, 2.24) is 19.1 Å². The molecule has 2 aromatic carbocycles.